The van der Waals surface area contributed by atoms with Gasteiger partial charge in [0.1, 0.15) is 0 Å². The van der Waals surface area contributed by atoms with Crippen LogP contribution in [0.5, 0.6) is 0 Å². The fourth-order valence-corrected chi connectivity index (χ4v) is 4.01. The van der Waals surface area contributed by atoms with Gasteiger partial charge in [-0.05, 0) is 35.7 Å². The van der Waals surface area contributed by atoms with Gasteiger partial charge in [0.15, 0.2) is 6.61 Å². The number of carbonyl (C=O) groups excluding carboxylic acids is 4. The summed E-state index contributed by atoms with van der Waals surface area (Å²) in [6.45, 7) is -0.0311. The van der Waals surface area contributed by atoms with Crippen LogP contribution in [0.25, 0.3) is 0 Å². The summed E-state index contributed by atoms with van der Waals surface area (Å²) in [4.78, 5) is 49.7. The van der Waals surface area contributed by atoms with Crippen LogP contribution in [0.2, 0.25) is 0 Å². The SMILES string of the molecule is CN1C(=O)c2ccc(C(=O)OCC(=O)NCCC(c3ccccc3)c3ccccc3)cc2C1=O. The first-order chi connectivity index (χ1) is 16.5. The van der Waals surface area contributed by atoms with Gasteiger partial charge in [0.05, 0.1) is 16.7 Å². The Morgan fingerprint density at radius 1 is 0.853 bits per heavy atom. The van der Waals surface area contributed by atoms with Crippen LogP contribution in [0.15, 0.2) is 78.9 Å². The van der Waals surface area contributed by atoms with E-state index in [1.807, 2.05) is 36.4 Å². The largest absolute Gasteiger partial charge is 0.452 e. The zero-order valence-electron chi connectivity index (χ0n) is 18.7. The van der Waals surface area contributed by atoms with Crippen LogP contribution in [-0.4, -0.2) is 48.8 Å². The second kappa shape index (κ2) is 10.1. The normalized spacial score (nSPS) is 12.6. The summed E-state index contributed by atoms with van der Waals surface area (Å²) >= 11 is 0. The van der Waals surface area contributed by atoms with Gasteiger partial charge in [-0.2, -0.15) is 0 Å². The van der Waals surface area contributed by atoms with Gasteiger partial charge in [0.2, 0.25) is 0 Å². The molecule has 0 spiro atoms. The second-order valence-corrected chi connectivity index (χ2v) is 8.02. The predicted octanol–water partition coefficient (Wildman–Crippen LogP) is 3.41. The molecule has 3 aromatic rings. The van der Waals surface area contributed by atoms with E-state index in [0.717, 1.165) is 16.0 Å². The number of amides is 3. The summed E-state index contributed by atoms with van der Waals surface area (Å²) < 4.78 is 5.10. The Bertz CT molecular complexity index is 1180. The van der Waals surface area contributed by atoms with Crippen LogP contribution < -0.4 is 5.32 Å². The van der Waals surface area contributed by atoms with E-state index in [9.17, 15) is 19.2 Å². The molecule has 0 aliphatic carbocycles. The van der Waals surface area contributed by atoms with Crippen molar-refractivity contribution in [2.75, 3.05) is 20.2 Å². The molecule has 0 bridgehead atoms. The zero-order valence-corrected chi connectivity index (χ0v) is 18.7. The number of hydrogen-bond donors (Lipinski definition) is 1. The van der Waals surface area contributed by atoms with Gasteiger partial charge in [0.25, 0.3) is 17.7 Å². The molecule has 1 aliphatic heterocycles. The number of ether oxygens (including phenoxy) is 1. The lowest BCUT2D eigenvalue weighted by atomic mass is 9.88. The van der Waals surface area contributed by atoms with E-state index in [1.54, 1.807) is 0 Å². The molecule has 0 saturated carbocycles. The molecule has 3 aromatic carbocycles. The maximum Gasteiger partial charge on any atom is 0.338 e. The van der Waals surface area contributed by atoms with Crippen LogP contribution >= 0.6 is 0 Å². The Balaban J connectivity index is 1.31. The molecule has 0 radical (unpaired) electrons. The van der Waals surface area contributed by atoms with Crippen molar-refractivity contribution in [2.24, 2.45) is 0 Å². The van der Waals surface area contributed by atoms with Crippen LogP contribution in [-0.2, 0) is 9.53 Å². The molecule has 0 saturated heterocycles. The van der Waals surface area contributed by atoms with Crippen LogP contribution in [0.3, 0.4) is 0 Å². The number of nitrogens with zero attached hydrogens (tertiary/aromatic N) is 1. The number of nitrogens with one attached hydrogen (secondary N) is 1. The molecule has 34 heavy (non-hydrogen) atoms. The number of esters is 1. The fraction of sp³-hybridized carbons (Fsp3) is 0.185. The topological polar surface area (TPSA) is 92.8 Å². The average Bonchev–Trinajstić information content (AvgIpc) is 3.09. The van der Waals surface area contributed by atoms with Crippen molar-refractivity contribution in [3.8, 4) is 0 Å². The van der Waals surface area contributed by atoms with Crippen LogP contribution in [0, 0.1) is 0 Å². The zero-order chi connectivity index (χ0) is 24.1. The van der Waals surface area contributed by atoms with Crippen LogP contribution in [0.4, 0.5) is 0 Å². The summed E-state index contributed by atoms with van der Waals surface area (Å²) in [5, 5.41) is 2.80. The van der Waals surface area contributed by atoms with E-state index < -0.39 is 30.3 Å². The first-order valence-corrected chi connectivity index (χ1v) is 11.0. The molecule has 172 valence electrons. The Hall–Kier alpha value is -4.26. The molecule has 1 heterocycles. The molecule has 1 N–H and O–H groups in total. The van der Waals surface area contributed by atoms with Gasteiger partial charge < -0.3 is 10.1 Å². The first kappa shape index (κ1) is 22.9. The molecule has 4 rings (SSSR count). The van der Waals surface area contributed by atoms with E-state index in [0.29, 0.717) is 13.0 Å². The van der Waals surface area contributed by atoms with Gasteiger partial charge in [-0.25, -0.2) is 4.79 Å². The first-order valence-electron chi connectivity index (χ1n) is 11.0. The summed E-state index contributed by atoms with van der Waals surface area (Å²) in [6, 6.07) is 24.3. The lowest BCUT2D eigenvalue weighted by Gasteiger charge is -2.18. The minimum absolute atomic E-state index is 0.108. The number of benzene rings is 3. The average molecular weight is 456 g/mol. The summed E-state index contributed by atoms with van der Waals surface area (Å²) in [7, 11) is 1.38. The number of fused-ring (bicyclic) bond motifs is 1. The predicted molar refractivity (Wildman–Crippen MR) is 126 cm³/mol. The van der Waals surface area contributed by atoms with Crippen molar-refractivity contribution < 1.29 is 23.9 Å². The van der Waals surface area contributed by atoms with E-state index in [1.165, 1.54) is 25.2 Å². The Kier molecular flexibility index (Phi) is 6.82. The second-order valence-electron chi connectivity index (χ2n) is 8.02. The van der Waals surface area contributed by atoms with Crippen LogP contribution in [0.1, 0.15) is 54.5 Å². The highest BCUT2D eigenvalue weighted by molar-refractivity contribution is 6.21. The van der Waals surface area contributed by atoms with Gasteiger partial charge in [-0.15, -0.1) is 0 Å². The monoisotopic (exact) mass is 456 g/mol. The van der Waals surface area contributed by atoms with E-state index in [2.05, 4.69) is 29.6 Å². The summed E-state index contributed by atoms with van der Waals surface area (Å²) in [6.07, 6.45) is 0.683. The lowest BCUT2D eigenvalue weighted by Crippen LogP contribution is -2.30. The van der Waals surface area contributed by atoms with Gasteiger partial charge in [0, 0.05) is 19.5 Å². The lowest BCUT2D eigenvalue weighted by molar-refractivity contribution is -0.124. The minimum Gasteiger partial charge on any atom is -0.452 e. The van der Waals surface area contributed by atoms with Gasteiger partial charge >= 0.3 is 5.97 Å². The quantitative estimate of drug-likeness (QED) is 0.414. The van der Waals surface area contributed by atoms with Crippen molar-refractivity contribution in [1.29, 1.82) is 0 Å². The Morgan fingerprint density at radius 3 is 2.06 bits per heavy atom. The molecule has 3 amide bonds. The van der Waals surface area contributed by atoms with E-state index in [4.69, 9.17) is 4.74 Å². The van der Waals surface area contributed by atoms with Crippen molar-refractivity contribution in [3.63, 3.8) is 0 Å². The number of rotatable bonds is 8. The highest BCUT2D eigenvalue weighted by atomic mass is 16.5. The van der Waals surface area contributed by atoms with Gasteiger partial charge in [-0.3, -0.25) is 19.3 Å². The van der Waals surface area contributed by atoms with Crippen molar-refractivity contribution >= 4 is 23.7 Å². The molecular weight excluding hydrogens is 432 g/mol. The molecule has 0 atom stereocenters. The van der Waals surface area contributed by atoms with Gasteiger partial charge in [-0.1, -0.05) is 60.7 Å². The third-order valence-electron chi connectivity index (χ3n) is 5.82. The smallest absolute Gasteiger partial charge is 0.338 e. The highest BCUT2D eigenvalue weighted by Gasteiger charge is 2.33. The maximum absolute atomic E-state index is 12.4. The molecule has 0 unspecified atom stereocenters. The maximum atomic E-state index is 12.4. The molecule has 7 nitrogen and oxygen atoms in total. The molecule has 1 aliphatic rings. The molecule has 0 aromatic heterocycles. The summed E-state index contributed by atoms with van der Waals surface area (Å²) in [5.41, 5.74) is 2.82. The fourth-order valence-electron chi connectivity index (χ4n) is 4.01. The number of imide groups is 1. The van der Waals surface area contributed by atoms with Crippen molar-refractivity contribution in [1.82, 2.24) is 10.2 Å². The standard InChI is InChI=1S/C27H24N2O5/c1-29-25(31)22-13-12-20(16-23(22)26(29)32)27(33)34-17-24(30)28-15-14-21(18-8-4-2-5-9-18)19-10-6-3-7-11-19/h2-13,16,21H,14-15,17H2,1H3,(H,28,30). The van der Waals surface area contributed by atoms with Crippen molar-refractivity contribution in [2.45, 2.75) is 12.3 Å². The highest BCUT2D eigenvalue weighted by Crippen LogP contribution is 2.27. The molecule has 0 fully saturated rings. The molecule has 7 heteroatoms. The van der Waals surface area contributed by atoms with E-state index >= 15 is 0 Å². The molecular formula is C27H24N2O5. The number of carbonyl (C=O) groups is 4. The number of hydrogen-bond acceptors (Lipinski definition) is 5. The Labute approximate surface area is 197 Å². The summed E-state index contributed by atoms with van der Waals surface area (Å²) in [5.74, 6) is -1.92. The third kappa shape index (κ3) is 4.88. The Morgan fingerprint density at radius 2 is 1.44 bits per heavy atom. The third-order valence-corrected chi connectivity index (χ3v) is 5.82. The van der Waals surface area contributed by atoms with Crippen molar-refractivity contribution in [3.05, 3.63) is 107 Å². The van der Waals surface area contributed by atoms with E-state index in [-0.39, 0.29) is 22.6 Å². The minimum atomic E-state index is -0.737.